The normalized spacial score (nSPS) is 12.0. The molecule has 0 aliphatic heterocycles. The Labute approximate surface area is 128 Å². The number of nitrogens with two attached hydrogens (primary N) is 1. The van der Waals surface area contributed by atoms with Gasteiger partial charge in [-0.05, 0) is 34.0 Å². The van der Waals surface area contributed by atoms with Gasteiger partial charge in [0.25, 0.3) is 0 Å². The van der Waals surface area contributed by atoms with Gasteiger partial charge in [-0.2, -0.15) is 11.3 Å². The van der Waals surface area contributed by atoms with Gasteiger partial charge in [0.1, 0.15) is 12.4 Å². The highest BCUT2D eigenvalue weighted by molar-refractivity contribution is 7.08. The molecule has 0 amide bonds. The van der Waals surface area contributed by atoms with Gasteiger partial charge in [-0.1, -0.05) is 48.5 Å². The summed E-state index contributed by atoms with van der Waals surface area (Å²) >= 11 is 1.66. The van der Waals surface area contributed by atoms with Crippen LogP contribution in [0.4, 0.5) is 0 Å². The standard InChI is InChI=1S/C18H17NOS/c19-18(15-10-11-21-13-15)16-8-4-5-9-17(16)20-12-14-6-2-1-3-7-14/h1-11,13,18H,12,19H2/t18-/m1/s1. The first-order valence-corrected chi connectivity index (χ1v) is 7.82. The molecule has 0 aliphatic rings. The second-order valence-electron chi connectivity index (χ2n) is 4.85. The van der Waals surface area contributed by atoms with Crippen LogP contribution in [0.25, 0.3) is 0 Å². The average Bonchev–Trinajstić information content (AvgIpc) is 3.08. The summed E-state index contributed by atoms with van der Waals surface area (Å²) in [6, 6.07) is 20.0. The van der Waals surface area contributed by atoms with E-state index in [0.29, 0.717) is 6.61 Å². The van der Waals surface area contributed by atoms with Gasteiger partial charge in [0, 0.05) is 5.56 Å². The fourth-order valence-electron chi connectivity index (χ4n) is 2.24. The van der Waals surface area contributed by atoms with Crippen molar-refractivity contribution >= 4 is 11.3 Å². The van der Waals surface area contributed by atoms with Crippen molar-refractivity contribution in [2.45, 2.75) is 12.6 Å². The van der Waals surface area contributed by atoms with Crippen molar-refractivity contribution < 1.29 is 4.74 Å². The SMILES string of the molecule is N[C@H](c1ccsc1)c1ccccc1OCc1ccccc1. The zero-order valence-electron chi connectivity index (χ0n) is 11.6. The van der Waals surface area contributed by atoms with E-state index >= 15 is 0 Å². The summed E-state index contributed by atoms with van der Waals surface area (Å²) in [4.78, 5) is 0. The minimum atomic E-state index is -0.150. The fourth-order valence-corrected chi connectivity index (χ4v) is 2.93. The maximum Gasteiger partial charge on any atom is 0.124 e. The smallest absolute Gasteiger partial charge is 0.124 e. The largest absolute Gasteiger partial charge is 0.489 e. The maximum atomic E-state index is 6.36. The van der Waals surface area contributed by atoms with Crippen LogP contribution in [0.2, 0.25) is 0 Å². The van der Waals surface area contributed by atoms with E-state index < -0.39 is 0 Å². The Morgan fingerprint density at radius 3 is 2.48 bits per heavy atom. The molecule has 1 atom stereocenters. The molecular weight excluding hydrogens is 278 g/mol. The molecule has 0 bridgehead atoms. The number of para-hydroxylation sites is 1. The molecule has 21 heavy (non-hydrogen) atoms. The molecule has 2 N–H and O–H groups in total. The average molecular weight is 295 g/mol. The molecule has 0 saturated heterocycles. The molecule has 0 unspecified atom stereocenters. The lowest BCUT2D eigenvalue weighted by Crippen LogP contribution is -2.12. The summed E-state index contributed by atoms with van der Waals surface area (Å²) in [6.07, 6.45) is 0. The molecule has 1 heterocycles. The highest BCUT2D eigenvalue weighted by atomic mass is 32.1. The lowest BCUT2D eigenvalue weighted by atomic mass is 10.0. The molecule has 2 aromatic carbocycles. The van der Waals surface area contributed by atoms with Crippen LogP contribution in [0.15, 0.2) is 71.4 Å². The summed E-state index contributed by atoms with van der Waals surface area (Å²) < 4.78 is 5.97. The van der Waals surface area contributed by atoms with E-state index in [-0.39, 0.29) is 6.04 Å². The third-order valence-corrected chi connectivity index (χ3v) is 4.10. The number of rotatable bonds is 5. The van der Waals surface area contributed by atoms with E-state index in [0.717, 1.165) is 22.4 Å². The van der Waals surface area contributed by atoms with Crippen molar-refractivity contribution in [3.8, 4) is 5.75 Å². The van der Waals surface area contributed by atoms with Gasteiger partial charge >= 0.3 is 0 Å². The van der Waals surface area contributed by atoms with Gasteiger partial charge < -0.3 is 10.5 Å². The van der Waals surface area contributed by atoms with Crippen molar-refractivity contribution in [3.05, 3.63) is 88.1 Å². The molecule has 0 aliphatic carbocycles. The van der Waals surface area contributed by atoms with Crippen molar-refractivity contribution in [1.29, 1.82) is 0 Å². The Balaban J connectivity index is 1.80. The molecule has 0 spiro atoms. The molecular formula is C18H17NOS. The number of thiophene rings is 1. The summed E-state index contributed by atoms with van der Waals surface area (Å²) in [5.74, 6) is 0.847. The first kappa shape index (κ1) is 13.9. The molecule has 0 saturated carbocycles. The van der Waals surface area contributed by atoms with E-state index in [1.807, 2.05) is 47.8 Å². The van der Waals surface area contributed by atoms with Gasteiger partial charge in [0.2, 0.25) is 0 Å². The molecule has 3 rings (SSSR count). The van der Waals surface area contributed by atoms with Gasteiger partial charge in [0.05, 0.1) is 6.04 Å². The Morgan fingerprint density at radius 2 is 1.71 bits per heavy atom. The Hall–Kier alpha value is -2.10. The third kappa shape index (κ3) is 3.32. The van der Waals surface area contributed by atoms with E-state index in [2.05, 4.69) is 23.6 Å². The van der Waals surface area contributed by atoms with Gasteiger partial charge in [0.15, 0.2) is 0 Å². The van der Waals surface area contributed by atoms with Crippen LogP contribution in [0, 0.1) is 0 Å². The predicted octanol–water partition coefficient (Wildman–Crippen LogP) is 4.38. The molecule has 3 aromatic rings. The first-order valence-electron chi connectivity index (χ1n) is 6.88. The van der Waals surface area contributed by atoms with Crippen LogP contribution in [0.1, 0.15) is 22.7 Å². The number of hydrogen-bond donors (Lipinski definition) is 1. The van der Waals surface area contributed by atoms with Gasteiger partial charge in [-0.15, -0.1) is 0 Å². The zero-order valence-corrected chi connectivity index (χ0v) is 12.4. The topological polar surface area (TPSA) is 35.2 Å². The van der Waals surface area contributed by atoms with Crippen LogP contribution < -0.4 is 10.5 Å². The van der Waals surface area contributed by atoms with Crippen LogP contribution >= 0.6 is 11.3 Å². The van der Waals surface area contributed by atoms with E-state index in [1.54, 1.807) is 11.3 Å². The zero-order chi connectivity index (χ0) is 14.5. The summed E-state index contributed by atoms with van der Waals surface area (Å²) in [7, 11) is 0. The third-order valence-electron chi connectivity index (χ3n) is 3.39. The number of benzene rings is 2. The van der Waals surface area contributed by atoms with Crippen molar-refractivity contribution in [2.75, 3.05) is 0 Å². The summed E-state index contributed by atoms with van der Waals surface area (Å²) in [5, 5.41) is 4.13. The Morgan fingerprint density at radius 1 is 0.952 bits per heavy atom. The highest BCUT2D eigenvalue weighted by Crippen LogP contribution is 2.29. The van der Waals surface area contributed by atoms with Crippen molar-refractivity contribution in [2.24, 2.45) is 5.73 Å². The monoisotopic (exact) mass is 295 g/mol. The van der Waals surface area contributed by atoms with Crippen LogP contribution in [-0.2, 0) is 6.61 Å². The molecule has 1 aromatic heterocycles. The molecule has 106 valence electrons. The lowest BCUT2D eigenvalue weighted by Gasteiger charge is -2.16. The van der Waals surface area contributed by atoms with Crippen molar-refractivity contribution in [1.82, 2.24) is 0 Å². The Bertz CT molecular complexity index is 679. The molecule has 3 heteroatoms. The van der Waals surface area contributed by atoms with Crippen LogP contribution in [-0.4, -0.2) is 0 Å². The highest BCUT2D eigenvalue weighted by Gasteiger charge is 2.14. The first-order chi connectivity index (χ1) is 10.3. The van der Waals surface area contributed by atoms with E-state index in [9.17, 15) is 0 Å². The number of ether oxygens (including phenoxy) is 1. The van der Waals surface area contributed by atoms with Crippen molar-refractivity contribution in [3.63, 3.8) is 0 Å². The van der Waals surface area contributed by atoms with Crippen LogP contribution in [0.3, 0.4) is 0 Å². The fraction of sp³-hybridized carbons (Fsp3) is 0.111. The minimum absolute atomic E-state index is 0.150. The van der Waals surface area contributed by atoms with E-state index in [1.165, 1.54) is 0 Å². The quantitative estimate of drug-likeness (QED) is 0.758. The van der Waals surface area contributed by atoms with E-state index in [4.69, 9.17) is 10.5 Å². The lowest BCUT2D eigenvalue weighted by molar-refractivity contribution is 0.302. The molecule has 0 radical (unpaired) electrons. The van der Waals surface area contributed by atoms with Gasteiger partial charge in [-0.3, -0.25) is 0 Å². The predicted molar refractivity (Wildman–Crippen MR) is 87.6 cm³/mol. The molecule has 2 nitrogen and oxygen atoms in total. The second kappa shape index (κ2) is 6.57. The number of hydrogen-bond acceptors (Lipinski definition) is 3. The second-order valence-corrected chi connectivity index (χ2v) is 5.63. The Kier molecular flexibility index (Phi) is 4.34. The summed E-state index contributed by atoms with van der Waals surface area (Å²) in [5.41, 5.74) is 9.65. The van der Waals surface area contributed by atoms with Gasteiger partial charge in [-0.25, -0.2) is 0 Å². The summed E-state index contributed by atoms with van der Waals surface area (Å²) in [6.45, 7) is 0.550. The minimum Gasteiger partial charge on any atom is -0.489 e. The molecule has 0 fully saturated rings. The maximum absolute atomic E-state index is 6.36. The van der Waals surface area contributed by atoms with Crippen LogP contribution in [0.5, 0.6) is 5.75 Å².